The third-order valence-electron chi connectivity index (χ3n) is 5.45. The smallest absolute Gasteiger partial charge is 0.414 e. The van der Waals surface area contributed by atoms with Gasteiger partial charge in [-0.1, -0.05) is 54.6 Å². The molecule has 2 heterocycles. The van der Waals surface area contributed by atoms with Gasteiger partial charge in [0.25, 0.3) is 5.91 Å². The summed E-state index contributed by atoms with van der Waals surface area (Å²) in [6.07, 6.45) is 3.47. The number of aromatic nitrogens is 1. The minimum Gasteiger partial charge on any atom is -0.473 e. The number of carbonyl (C=O) groups is 3. The fraction of sp³-hybridized carbons (Fsp3) is 0.280. The molecule has 0 aliphatic carbocycles. The molecular weight excluding hydrogens is 422 g/mol. The number of pyridine rings is 1. The highest BCUT2D eigenvalue weighted by molar-refractivity contribution is 6.27. The molecule has 8 nitrogen and oxygen atoms in total. The first-order chi connectivity index (χ1) is 15.9. The molecule has 0 spiro atoms. The minimum atomic E-state index is -1.82. The lowest BCUT2D eigenvalue weighted by molar-refractivity contribution is -0.159. The summed E-state index contributed by atoms with van der Waals surface area (Å²) in [4.78, 5) is 38.1. The normalized spacial score (nSPS) is 14.2. The number of likely N-dealkylation sites (tertiary alicyclic amines) is 1. The van der Waals surface area contributed by atoms with E-state index in [9.17, 15) is 4.79 Å². The van der Waals surface area contributed by atoms with Gasteiger partial charge in [-0.15, -0.1) is 0 Å². The monoisotopic (exact) mass is 449 g/mol. The van der Waals surface area contributed by atoms with Crippen LogP contribution in [0.4, 0.5) is 0 Å². The Balaban J connectivity index is 0.000000454. The highest BCUT2D eigenvalue weighted by atomic mass is 16.4. The number of rotatable bonds is 6. The van der Waals surface area contributed by atoms with Crippen molar-refractivity contribution in [2.75, 3.05) is 19.6 Å². The summed E-state index contributed by atoms with van der Waals surface area (Å²) in [5, 5.41) is 19.0. The van der Waals surface area contributed by atoms with Gasteiger partial charge >= 0.3 is 11.9 Å². The molecular formula is C25H27N3O5. The lowest BCUT2D eigenvalue weighted by atomic mass is 10.0. The number of nitrogens with zero attached hydrogens (tertiary/aromatic N) is 2. The van der Waals surface area contributed by atoms with Crippen molar-refractivity contribution < 1.29 is 24.6 Å². The van der Waals surface area contributed by atoms with Crippen molar-refractivity contribution in [3.63, 3.8) is 0 Å². The van der Waals surface area contributed by atoms with Crippen molar-refractivity contribution in [3.05, 3.63) is 78.0 Å². The van der Waals surface area contributed by atoms with E-state index in [1.54, 1.807) is 6.07 Å². The topological polar surface area (TPSA) is 120 Å². The Kier molecular flexibility index (Phi) is 8.49. The van der Waals surface area contributed by atoms with Gasteiger partial charge in [0.05, 0.1) is 11.6 Å². The molecule has 3 aromatic rings. The number of fused-ring (bicyclic) bond motifs is 1. The first kappa shape index (κ1) is 23.9. The lowest BCUT2D eigenvalue weighted by Crippen LogP contribution is -2.32. The zero-order valence-corrected chi connectivity index (χ0v) is 18.2. The van der Waals surface area contributed by atoms with E-state index in [0.717, 1.165) is 29.4 Å². The number of para-hydroxylation sites is 1. The molecule has 1 aliphatic rings. The summed E-state index contributed by atoms with van der Waals surface area (Å²) in [5.74, 6) is -3.76. The average molecular weight is 450 g/mol. The number of carboxylic acids is 2. The molecule has 1 saturated heterocycles. The molecule has 0 bridgehead atoms. The van der Waals surface area contributed by atoms with E-state index >= 15 is 0 Å². The Morgan fingerprint density at radius 1 is 0.879 bits per heavy atom. The van der Waals surface area contributed by atoms with E-state index in [1.807, 2.05) is 48.5 Å². The van der Waals surface area contributed by atoms with Crippen LogP contribution in [0.1, 0.15) is 41.4 Å². The summed E-state index contributed by atoms with van der Waals surface area (Å²) in [7, 11) is 0. The standard InChI is InChI=1S/C23H25N3O.C2H2O4/c27-23(22-13-12-19-10-4-5-11-20(19)24-22)25-21(18-8-2-1-3-9-18)14-17-26-15-6-7-16-26;3-1(4)2(5)6/h1-5,8-13,21H,6-7,14-17H2,(H,25,27);(H,3,4)(H,5,6). The predicted molar refractivity (Wildman–Crippen MR) is 124 cm³/mol. The quantitative estimate of drug-likeness (QED) is 0.494. The summed E-state index contributed by atoms with van der Waals surface area (Å²) < 4.78 is 0. The van der Waals surface area contributed by atoms with Gasteiger partial charge in [0.15, 0.2) is 0 Å². The lowest BCUT2D eigenvalue weighted by Gasteiger charge is -2.22. The van der Waals surface area contributed by atoms with Crippen LogP contribution < -0.4 is 5.32 Å². The van der Waals surface area contributed by atoms with Crippen LogP contribution in [-0.4, -0.2) is 57.6 Å². The number of hydrogen-bond acceptors (Lipinski definition) is 5. The maximum Gasteiger partial charge on any atom is 0.414 e. The van der Waals surface area contributed by atoms with E-state index in [2.05, 4.69) is 27.3 Å². The molecule has 1 amide bonds. The Morgan fingerprint density at radius 2 is 1.52 bits per heavy atom. The molecule has 33 heavy (non-hydrogen) atoms. The van der Waals surface area contributed by atoms with E-state index in [0.29, 0.717) is 5.69 Å². The molecule has 8 heteroatoms. The molecule has 0 saturated carbocycles. The molecule has 2 aromatic carbocycles. The molecule has 4 rings (SSSR count). The van der Waals surface area contributed by atoms with Crippen molar-refractivity contribution in [2.24, 2.45) is 0 Å². The molecule has 0 radical (unpaired) electrons. The largest absolute Gasteiger partial charge is 0.473 e. The van der Waals surface area contributed by atoms with E-state index in [4.69, 9.17) is 19.8 Å². The van der Waals surface area contributed by atoms with E-state index in [-0.39, 0.29) is 11.9 Å². The first-order valence-electron chi connectivity index (χ1n) is 10.8. The summed E-state index contributed by atoms with van der Waals surface area (Å²) in [6.45, 7) is 3.34. The highest BCUT2D eigenvalue weighted by Gasteiger charge is 2.19. The van der Waals surface area contributed by atoms with Gasteiger partial charge in [-0.05, 0) is 50.0 Å². The van der Waals surface area contributed by atoms with Crippen LogP contribution in [-0.2, 0) is 9.59 Å². The zero-order chi connectivity index (χ0) is 23.6. The van der Waals surface area contributed by atoms with Crippen LogP contribution in [0.2, 0.25) is 0 Å². The highest BCUT2D eigenvalue weighted by Crippen LogP contribution is 2.20. The van der Waals surface area contributed by atoms with Crippen LogP contribution in [0.5, 0.6) is 0 Å². The number of carboxylic acid groups (broad SMARTS) is 2. The van der Waals surface area contributed by atoms with Crippen LogP contribution in [0.25, 0.3) is 10.9 Å². The average Bonchev–Trinajstić information content (AvgIpc) is 3.36. The van der Waals surface area contributed by atoms with Crippen molar-refractivity contribution in [1.29, 1.82) is 0 Å². The molecule has 1 aromatic heterocycles. The molecule has 1 atom stereocenters. The molecule has 3 N–H and O–H groups in total. The Bertz CT molecular complexity index is 1090. The van der Waals surface area contributed by atoms with Crippen molar-refractivity contribution >= 4 is 28.7 Å². The van der Waals surface area contributed by atoms with Crippen LogP contribution >= 0.6 is 0 Å². The maximum absolute atomic E-state index is 12.9. The second-order valence-corrected chi connectivity index (χ2v) is 7.77. The summed E-state index contributed by atoms with van der Waals surface area (Å²) in [6, 6.07) is 21.9. The Labute approximate surface area is 191 Å². The van der Waals surface area contributed by atoms with Crippen molar-refractivity contribution in [2.45, 2.75) is 25.3 Å². The third kappa shape index (κ3) is 7.11. The third-order valence-corrected chi connectivity index (χ3v) is 5.45. The molecule has 1 unspecified atom stereocenters. The van der Waals surface area contributed by atoms with Gasteiger partial charge in [0.2, 0.25) is 0 Å². The maximum atomic E-state index is 12.9. The predicted octanol–water partition coefficient (Wildman–Crippen LogP) is 3.35. The molecule has 172 valence electrons. The van der Waals surface area contributed by atoms with Crippen LogP contribution in [0, 0.1) is 0 Å². The van der Waals surface area contributed by atoms with Gasteiger partial charge in [-0.25, -0.2) is 14.6 Å². The Hall–Kier alpha value is -3.78. The van der Waals surface area contributed by atoms with E-state index < -0.39 is 11.9 Å². The number of carbonyl (C=O) groups excluding carboxylic acids is 1. The van der Waals surface area contributed by atoms with Crippen LogP contribution in [0.15, 0.2) is 66.7 Å². The number of hydrogen-bond donors (Lipinski definition) is 3. The van der Waals surface area contributed by atoms with Gasteiger partial charge in [0.1, 0.15) is 5.69 Å². The number of benzene rings is 2. The second-order valence-electron chi connectivity index (χ2n) is 7.77. The fourth-order valence-corrected chi connectivity index (χ4v) is 3.75. The van der Waals surface area contributed by atoms with Crippen molar-refractivity contribution in [3.8, 4) is 0 Å². The molecule has 1 aliphatic heterocycles. The first-order valence-corrected chi connectivity index (χ1v) is 10.8. The zero-order valence-electron chi connectivity index (χ0n) is 18.2. The number of aliphatic carboxylic acids is 2. The van der Waals surface area contributed by atoms with Crippen molar-refractivity contribution in [1.82, 2.24) is 15.2 Å². The van der Waals surface area contributed by atoms with E-state index in [1.165, 1.54) is 25.9 Å². The minimum absolute atomic E-state index is 0.00688. The number of amides is 1. The van der Waals surface area contributed by atoms with Gasteiger partial charge in [-0.2, -0.15) is 0 Å². The van der Waals surface area contributed by atoms with Crippen LogP contribution in [0.3, 0.4) is 0 Å². The second kappa shape index (κ2) is 11.7. The fourth-order valence-electron chi connectivity index (χ4n) is 3.75. The number of nitrogens with one attached hydrogen (secondary N) is 1. The molecule has 1 fully saturated rings. The SMILES string of the molecule is O=C(NC(CCN1CCCC1)c1ccccc1)c1ccc2ccccc2n1.O=C(O)C(=O)O. The van der Waals surface area contributed by atoms with Gasteiger partial charge in [0, 0.05) is 11.9 Å². The Morgan fingerprint density at radius 3 is 2.18 bits per heavy atom. The van der Waals surface area contributed by atoms with Gasteiger partial charge in [-0.3, -0.25) is 4.79 Å². The summed E-state index contributed by atoms with van der Waals surface area (Å²) in [5.41, 5.74) is 2.46. The van der Waals surface area contributed by atoms with Gasteiger partial charge < -0.3 is 20.4 Å². The summed E-state index contributed by atoms with van der Waals surface area (Å²) >= 11 is 0.